The zero-order chi connectivity index (χ0) is 12.6. The predicted molar refractivity (Wildman–Crippen MR) is 80.2 cm³/mol. The van der Waals surface area contributed by atoms with Gasteiger partial charge in [-0.15, -0.1) is 0 Å². The van der Waals surface area contributed by atoms with Crippen LogP contribution >= 0.6 is 0 Å². The first-order valence-electron chi connectivity index (χ1n) is 6.12. The average molecular weight is 279 g/mol. The van der Waals surface area contributed by atoms with Crippen LogP contribution in [0.4, 0.5) is 0 Å². The number of hydrogen-bond acceptors (Lipinski definition) is 2. The van der Waals surface area contributed by atoms with Crippen molar-refractivity contribution < 1.29 is 4.79 Å². The molecule has 0 unspecified atom stereocenters. The molecule has 0 aromatic heterocycles. The number of benzene rings is 2. The van der Waals surface area contributed by atoms with E-state index >= 15 is 0 Å². The molecule has 0 fully saturated rings. The van der Waals surface area contributed by atoms with Gasteiger partial charge < -0.3 is 4.79 Å². The first kappa shape index (κ1) is 16.8. The first-order valence-corrected chi connectivity index (χ1v) is 6.12. The molecule has 0 aliphatic heterocycles. The maximum atomic E-state index is 10.8. The third-order valence-electron chi connectivity index (χ3n) is 2.83. The van der Waals surface area contributed by atoms with Crippen LogP contribution < -0.4 is 0 Å². The van der Waals surface area contributed by atoms with E-state index in [-0.39, 0.29) is 51.4 Å². The number of carbonyl (C=O) groups is 1. The van der Waals surface area contributed by atoms with Crippen molar-refractivity contribution in [3.8, 4) is 0 Å². The predicted octanol–water partition coefficient (Wildman–Crippen LogP) is 2.24. The summed E-state index contributed by atoms with van der Waals surface area (Å²) in [5.74, 6) is 0. The van der Waals surface area contributed by atoms with Gasteiger partial charge in [0.15, 0.2) is 0 Å². The third kappa shape index (κ3) is 6.12. The molecule has 2 rings (SSSR count). The summed E-state index contributed by atoms with van der Waals surface area (Å²) in [5, 5.41) is 0. The normalized spacial score (nSPS) is 9.95. The van der Waals surface area contributed by atoms with Gasteiger partial charge in [-0.3, -0.25) is 4.90 Å². The fourth-order valence-electron chi connectivity index (χ4n) is 1.97. The van der Waals surface area contributed by atoms with Crippen LogP contribution in [0.1, 0.15) is 11.1 Å². The van der Waals surface area contributed by atoms with E-state index < -0.39 is 0 Å². The molecule has 2 aromatic carbocycles. The average Bonchev–Trinajstić information content (AvgIpc) is 2.41. The summed E-state index contributed by atoms with van der Waals surface area (Å²) >= 11 is 0. The summed E-state index contributed by atoms with van der Waals surface area (Å²) in [5.41, 5.74) is 2.46. The molecule has 0 bridgehead atoms. The van der Waals surface area contributed by atoms with Gasteiger partial charge in [0.25, 0.3) is 0 Å². The second-order valence-electron chi connectivity index (χ2n) is 4.31. The number of aldehydes is 1. The van der Waals surface area contributed by atoms with Crippen LogP contribution in [0.3, 0.4) is 0 Å². The molecular weight excluding hydrogens is 261 g/mol. The summed E-state index contributed by atoms with van der Waals surface area (Å²) in [4.78, 5) is 12.9. The van der Waals surface area contributed by atoms with Gasteiger partial charge in [-0.2, -0.15) is 0 Å². The van der Waals surface area contributed by atoms with Crippen molar-refractivity contribution in [3.63, 3.8) is 0 Å². The molecule has 94 valence electrons. The van der Waals surface area contributed by atoms with Crippen LogP contribution in [-0.4, -0.2) is 69.1 Å². The Morgan fingerprint density at radius 3 is 1.58 bits per heavy atom. The summed E-state index contributed by atoms with van der Waals surface area (Å²) < 4.78 is 0. The number of nitrogens with zero attached hydrogens (tertiary/aromatic N) is 1. The van der Waals surface area contributed by atoms with Gasteiger partial charge in [-0.05, 0) is 11.1 Å². The van der Waals surface area contributed by atoms with Gasteiger partial charge in [-0.25, -0.2) is 0 Å². The molecule has 0 heterocycles. The summed E-state index contributed by atoms with van der Waals surface area (Å²) in [6, 6.07) is 20.5. The fourth-order valence-corrected chi connectivity index (χ4v) is 1.97. The summed E-state index contributed by atoms with van der Waals surface area (Å²) in [6.45, 7) is 2.06. The van der Waals surface area contributed by atoms with Gasteiger partial charge in [0.2, 0.25) is 0 Å². The van der Waals surface area contributed by atoms with Gasteiger partial charge in [-0.1, -0.05) is 60.7 Å². The van der Waals surface area contributed by atoms with Crippen molar-refractivity contribution in [1.82, 2.24) is 4.90 Å². The molecule has 0 atom stereocenters. The van der Waals surface area contributed by atoms with Crippen molar-refractivity contribution in [2.24, 2.45) is 0 Å². The van der Waals surface area contributed by atoms with Gasteiger partial charge in [0, 0.05) is 13.1 Å². The number of carbonyl (C=O) groups excluding carboxylic acids is 1. The molecule has 2 nitrogen and oxygen atoms in total. The Balaban J connectivity index is 0.00000180. The van der Waals surface area contributed by atoms with Gasteiger partial charge >= 0.3 is 51.4 Å². The minimum absolute atomic E-state index is 0. The van der Waals surface area contributed by atoms with Crippen LogP contribution in [0, 0.1) is 0 Å². The van der Waals surface area contributed by atoms with Gasteiger partial charge in [0.05, 0.1) is 6.54 Å². The van der Waals surface area contributed by atoms with Crippen molar-refractivity contribution in [2.75, 3.05) is 6.54 Å². The number of hydrogen-bond donors (Lipinski definition) is 0. The van der Waals surface area contributed by atoms with Crippen molar-refractivity contribution in [1.29, 1.82) is 0 Å². The molecule has 0 spiro atoms. The van der Waals surface area contributed by atoms with E-state index in [2.05, 4.69) is 29.2 Å². The van der Waals surface area contributed by atoms with E-state index in [1.165, 1.54) is 11.1 Å². The van der Waals surface area contributed by atoms with E-state index in [0.29, 0.717) is 6.54 Å². The van der Waals surface area contributed by atoms with E-state index in [1.807, 2.05) is 36.4 Å². The number of rotatable bonds is 6. The van der Waals surface area contributed by atoms with Crippen LogP contribution in [0.5, 0.6) is 0 Å². The molecule has 0 N–H and O–H groups in total. The van der Waals surface area contributed by atoms with E-state index in [1.54, 1.807) is 0 Å². The van der Waals surface area contributed by atoms with E-state index in [0.717, 1.165) is 19.4 Å². The molecule has 3 heteroatoms. The zero-order valence-electron chi connectivity index (χ0n) is 10.3. The standard InChI is InChI=1S/C16H17NO.K.H/c18-12-11-17(13-15-7-3-1-4-8-15)14-16-9-5-2-6-10-16;;/h1-10,12H,11,13-14H2;;. The Labute approximate surface area is 157 Å². The quantitative estimate of drug-likeness (QED) is 0.597. The monoisotopic (exact) mass is 279 g/mol. The molecule has 0 radical (unpaired) electrons. The summed E-state index contributed by atoms with van der Waals surface area (Å²) in [6.07, 6.45) is 0.964. The molecule has 0 aliphatic carbocycles. The van der Waals surface area contributed by atoms with E-state index in [9.17, 15) is 4.79 Å². The van der Waals surface area contributed by atoms with Crippen molar-refractivity contribution in [3.05, 3.63) is 71.8 Å². The topological polar surface area (TPSA) is 20.3 Å². The molecule has 19 heavy (non-hydrogen) atoms. The molecule has 2 aromatic rings. The van der Waals surface area contributed by atoms with Crippen LogP contribution in [0.2, 0.25) is 0 Å². The third-order valence-corrected chi connectivity index (χ3v) is 2.83. The zero-order valence-corrected chi connectivity index (χ0v) is 10.3. The minimum atomic E-state index is 0. The summed E-state index contributed by atoms with van der Waals surface area (Å²) in [7, 11) is 0. The second kappa shape index (κ2) is 9.59. The van der Waals surface area contributed by atoms with Crippen molar-refractivity contribution >= 4 is 57.7 Å². The van der Waals surface area contributed by atoms with Crippen LogP contribution in [0.25, 0.3) is 0 Å². The molecule has 0 saturated carbocycles. The molecule has 0 saturated heterocycles. The molecule has 0 amide bonds. The van der Waals surface area contributed by atoms with E-state index in [4.69, 9.17) is 0 Å². The first-order chi connectivity index (χ1) is 8.88. The maximum absolute atomic E-state index is 10.8. The van der Waals surface area contributed by atoms with Gasteiger partial charge in [0.1, 0.15) is 6.29 Å². The van der Waals surface area contributed by atoms with Crippen molar-refractivity contribution in [2.45, 2.75) is 13.1 Å². The SMILES string of the molecule is O=CCN(Cc1ccccc1)Cc1ccccc1.[KH]. The van der Waals surface area contributed by atoms with Crippen LogP contribution in [0.15, 0.2) is 60.7 Å². The Morgan fingerprint density at radius 2 is 1.21 bits per heavy atom. The van der Waals surface area contributed by atoms with Crippen LogP contribution in [-0.2, 0) is 17.9 Å². The fraction of sp³-hybridized carbons (Fsp3) is 0.188. The molecule has 0 aliphatic rings. The Bertz CT molecular complexity index is 431. The Hall–Kier alpha value is -0.294. The molecular formula is C16H18KNO. The Morgan fingerprint density at radius 1 is 0.789 bits per heavy atom. The second-order valence-corrected chi connectivity index (χ2v) is 4.31. The Kier molecular flexibility index (Phi) is 8.46.